The van der Waals surface area contributed by atoms with Crippen LogP contribution in [0.3, 0.4) is 0 Å². The molecule has 0 radical (unpaired) electrons. The zero-order valence-electron chi connectivity index (χ0n) is 19.5. The van der Waals surface area contributed by atoms with Gasteiger partial charge in [0.25, 0.3) is 0 Å². The van der Waals surface area contributed by atoms with E-state index in [9.17, 15) is 9.90 Å². The molecule has 4 rings (SSSR count). The van der Waals surface area contributed by atoms with Crippen molar-refractivity contribution in [2.45, 2.75) is 25.3 Å². The van der Waals surface area contributed by atoms with Gasteiger partial charge in [0.05, 0.1) is 40.7 Å². The first-order chi connectivity index (χ1) is 17.5. The van der Waals surface area contributed by atoms with Crippen molar-refractivity contribution in [1.29, 1.82) is 0 Å². The van der Waals surface area contributed by atoms with Gasteiger partial charge in [-0.1, -0.05) is 53.5 Å². The molecule has 0 unspecified atom stereocenters. The van der Waals surface area contributed by atoms with Crippen molar-refractivity contribution >= 4 is 29.1 Å². The van der Waals surface area contributed by atoms with Crippen LogP contribution in [-0.4, -0.2) is 45.0 Å². The number of amides is 1. The number of halogens is 2. The van der Waals surface area contributed by atoms with Crippen LogP contribution in [0, 0.1) is 0 Å². The van der Waals surface area contributed by atoms with Gasteiger partial charge in [-0.25, -0.2) is 4.68 Å². The number of rotatable bonds is 11. The molecular formula is C27H26Cl2N4O3. The van der Waals surface area contributed by atoms with Gasteiger partial charge in [-0.3, -0.25) is 9.78 Å². The zero-order chi connectivity index (χ0) is 25.3. The average Bonchev–Trinajstić information content (AvgIpc) is 3.33. The number of hydrogen-bond donors (Lipinski definition) is 2. The summed E-state index contributed by atoms with van der Waals surface area (Å²) in [5.74, 6) is 0.368. The molecule has 0 saturated heterocycles. The highest BCUT2D eigenvalue weighted by Crippen LogP contribution is 2.29. The van der Waals surface area contributed by atoms with Crippen molar-refractivity contribution < 1.29 is 14.6 Å². The van der Waals surface area contributed by atoms with E-state index in [-0.39, 0.29) is 25.0 Å². The number of nitrogens with zero attached hydrogens (tertiary/aromatic N) is 3. The molecule has 2 aromatic heterocycles. The molecule has 186 valence electrons. The standard InChI is InChI=1S/C27H26Cl2N4O3/c28-23-11-10-22(15-24(23)29)33-27(16-25(32-33)20-8-4-12-30-17-20)36-13-5-9-26(35)31-21(18-34)14-19-6-2-1-3-7-19/h1-4,6-8,10-12,15-17,21,34H,5,9,13-14,18H2,(H,31,35)/t21-/m0/s1. The molecule has 0 aliphatic carbocycles. The molecule has 9 heteroatoms. The first kappa shape index (κ1) is 25.7. The smallest absolute Gasteiger partial charge is 0.220 e. The lowest BCUT2D eigenvalue weighted by molar-refractivity contribution is -0.122. The van der Waals surface area contributed by atoms with Gasteiger partial charge in [-0.15, -0.1) is 0 Å². The molecule has 2 heterocycles. The number of benzene rings is 2. The number of hydrogen-bond acceptors (Lipinski definition) is 5. The minimum Gasteiger partial charge on any atom is -0.478 e. The van der Waals surface area contributed by atoms with Gasteiger partial charge < -0.3 is 15.2 Å². The lowest BCUT2D eigenvalue weighted by atomic mass is 10.1. The highest BCUT2D eigenvalue weighted by molar-refractivity contribution is 6.42. The van der Waals surface area contributed by atoms with Crippen LogP contribution in [-0.2, 0) is 11.2 Å². The summed E-state index contributed by atoms with van der Waals surface area (Å²) < 4.78 is 7.66. The van der Waals surface area contributed by atoms with Crippen LogP contribution in [0.4, 0.5) is 0 Å². The van der Waals surface area contributed by atoms with Crippen LogP contribution in [0.2, 0.25) is 10.0 Å². The van der Waals surface area contributed by atoms with Crippen molar-refractivity contribution in [3.8, 4) is 22.8 Å². The van der Waals surface area contributed by atoms with Crippen molar-refractivity contribution in [2.75, 3.05) is 13.2 Å². The minimum atomic E-state index is -0.334. The third-order valence-corrected chi connectivity index (χ3v) is 6.23. The number of aliphatic hydroxyl groups excluding tert-OH is 1. The van der Waals surface area contributed by atoms with Gasteiger partial charge in [0.15, 0.2) is 0 Å². The van der Waals surface area contributed by atoms with Gasteiger partial charge >= 0.3 is 0 Å². The fourth-order valence-electron chi connectivity index (χ4n) is 3.69. The summed E-state index contributed by atoms with van der Waals surface area (Å²) in [6, 6.07) is 20.2. The molecule has 2 aromatic carbocycles. The molecule has 0 aliphatic rings. The molecule has 0 bridgehead atoms. The Hall–Kier alpha value is -3.39. The van der Waals surface area contributed by atoms with Gasteiger partial charge in [-0.2, -0.15) is 5.10 Å². The summed E-state index contributed by atoms with van der Waals surface area (Å²) in [5.41, 5.74) is 3.28. The van der Waals surface area contributed by atoms with Gasteiger partial charge in [-0.05, 0) is 48.7 Å². The molecule has 36 heavy (non-hydrogen) atoms. The molecule has 4 aromatic rings. The van der Waals surface area contributed by atoms with E-state index in [2.05, 4.69) is 15.4 Å². The predicted octanol–water partition coefficient (Wildman–Crippen LogP) is 5.12. The quantitative estimate of drug-likeness (QED) is 0.266. The number of carbonyl (C=O) groups is 1. The summed E-state index contributed by atoms with van der Waals surface area (Å²) in [6.07, 6.45) is 4.75. The number of ether oxygens (including phenoxy) is 1. The molecular weight excluding hydrogens is 499 g/mol. The van der Waals surface area contributed by atoms with Gasteiger partial charge in [0.2, 0.25) is 11.8 Å². The van der Waals surface area contributed by atoms with Crippen LogP contribution >= 0.6 is 23.2 Å². The monoisotopic (exact) mass is 524 g/mol. The first-order valence-corrected chi connectivity index (χ1v) is 12.3. The van der Waals surface area contributed by atoms with Crippen molar-refractivity contribution in [2.24, 2.45) is 0 Å². The van der Waals surface area contributed by atoms with Crippen LogP contribution in [0.1, 0.15) is 18.4 Å². The molecule has 2 N–H and O–H groups in total. The van der Waals surface area contributed by atoms with Crippen LogP contribution in [0.25, 0.3) is 16.9 Å². The maximum absolute atomic E-state index is 12.4. The third-order valence-electron chi connectivity index (χ3n) is 5.49. The van der Waals surface area contributed by atoms with Crippen LogP contribution in [0.15, 0.2) is 79.1 Å². The Morgan fingerprint density at radius 2 is 1.89 bits per heavy atom. The molecule has 0 fully saturated rings. The second kappa shape index (κ2) is 12.5. The minimum absolute atomic E-state index is 0.128. The number of aliphatic hydroxyl groups is 1. The maximum atomic E-state index is 12.4. The van der Waals surface area contributed by atoms with E-state index >= 15 is 0 Å². The Balaban J connectivity index is 1.38. The molecule has 1 amide bonds. The fourth-order valence-corrected chi connectivity index (χ4v) is 3.99. The first-order valence-electron chi connectivity index (χ1n) is 11.6. The number of nitrogens with one attached hydrogen (secondary N) is 1. The highest BCUT2D eigenvalue weighted by Gasteiger charge is 2.15. The Morgan fingerprint density at radius 1 is 1.06 bits per heavy atom. The van der Waals surface area contributed by atoms with E-state index in [1.165, 1.54) is 0 Å². The van der Waals surface area contributed by atoms with E-state index in [1.807, 2.05) is 48.5 Å². The predicted molar refractivity (Wildman–Crippen MR) is 141 cm³/mol. The van der Waals surface area contributed by atoms with E-state index in [0.29, 0.717) is 46.8 Å². The lowest BCUT2D eigenvalue weighted by Crippen LogP contribution is -2.39. The Labute approximate surface area is 219 Å². The number of carbonyl (C=O) groups excluding carboxylic acids is 1. The third kappa shape index (κ3) is 6.85. The fraction of sp³-hybridized carbons (Fsp3) is 0.222. The second-order valence-electron chi connectivity index (χ2n) is 8.21. The number of aromatic nitrogens is 3. The largest absolute Gasteiger partial charge is 0.478 e. The lowest BCUT2D eigenvalue weighted by Gasteiger charge is -2.16. The van der Waals surface area contributed by atoms with Gasteiger partial charge in [0, 0.05) is 30.4 Å². The molecule has 0 aliphatic heterocycles. The van der Waals surface area contributed by atoms with E-state index < -0.39 is 0 Å². The zero-order valence-corrected chi connectivity index (χ0v) is 21.0. The van der Waals surface area contributed by atoms with Crippen molar-refractivity contribution in [3.05, 3.63) is 94.7 Å². The Kier molecular flexibility index (Phi) is 8.95. The van der Waals surface area contributed by atoms with Crippen LogP contribution < -0.4 is 10.1 Å². The summed E-state index contributed by atoms with van der Waals surface area (Å²) >= 11 is 12.3. The van der Waals surface area contributed by atoms with E-state index in [1.54, 1.807) is 35.3 Å². The van der Waals surface area contributed by atoms with Gasteiger partial charge in [0.1, 0.15) is 0 Å². The SMILES string of the molecule is O=C(CCCOc1cc(-c2cccnc2)nn1-c1ccc(Cl)c(Cl)c1)N[C@H](CO)Cc1ccccc1. The van der Waals surface area contributed by atoms with E-state index in [4.69, 9.17) is 27.9 Å². The number of pyridine rings is 1. The summed E-state index contributed by atoms with van der Waals surface area (Å²) in [4.78, 5) is 16.6. The maximum Gasteiger partial charge on any atom is 0.220 e. The van der Waals surface area contributed by atoms with E-state index in [0.717, 1.165) is 11.1 Å². The van der Waals surface area contributed by atoms with Crippen LogP contribution in [0.5, 0.6) is 5.88 Å². The molecule has 0 saturated carbocycles. The summed E-state index contributed by atoms with van der Waals surface area (Å²) in [7, 11) is 0. The Morgan fingerprint density at radius 3 is 2.61 bits per heavy atom. The van der Waals surface area contributed by atoms with Crippen molar-refractivity contribution in [1.82, 2.24) is 20.1 Å². The molecule has 0 spiro atoms. The topological polar surface area (TPSA) is 89.3 Å². The van der Waals surface area contributed by atoms with Crippen molar-refractivity contribution in [3.63, 3.8) is 0 Å². The summed E-state index contributed by atoms with van der Waals surface area (Å²) in [5, 5.41) is 18.1. The molecule has 1 atom stereocenters. The summed E-state index contributed by atoms with van der Waals surface area (Å²) in [6.45, 7) is 0.173. The normalized spacial score (nSPS) is 11.8. The highest BCUT2D eigenvalue weighted by atomic mass is 35.5. The second-order valence-corrected chi connectivity index (χ2v) is 9.02. The molecule has 7 nitrogen and oxygen atoms in total. The Bertz CT molecular complexity index is 1280. The average molecular weight is 525 g/mol.